The maximum Gasteiger partial charge on any atom is 0.264 e. The first kappa shape index (κ1) is 20.9. The maximum atomic E-state index is 13.1. The van der Waals surface area contributed by atoms with Crippen molar-refractivity contribution in [2.45, 2.75) is 25.2 Å². The van der Waals surface area contributed by atoms with Crippen molar-refractivity contribution in [3.05, 3.63) is 83.4 Å². The Morgan fingerprint density at radius 3 is 2.35 bits per heavy atom. The normalized spacial score (nSPS) is 13.0. The summed E-state index contributed by atoms with van der Waals surface area (Å²) >= 11 is 0. The molecule has 0 atom stereocenters. The highest BCUT2D eigenvalue weighted by Crippen LogP contribution is 2.33. The molecule has 0 radical (unpaired) electrons. The Labute approximate surface area is 182 Å². The fourth-order valence-corrected chi connectivity index (χ4v) is 5.23. The van der Waals surface area contributed by atoms with Crippen LogP contribution in [-0.4, -0.2) is 27.5 Å². The van der Waals surface area contributed by atoms with Crippen LogP contribution in [0.2, 0.25) is 0 Å². The van der Waals surface area contributed by atoms with Crippen molar-refractivity contribution in [2.75, 3.05) is 22.8 Å². The lowest BCUT2D eigenvalue weighted by atomic mass is 10.1. The first-order valence-electron chi connectivity index (χ1n) is 10.1. The van der Waals surface area contributed by atoms with Gasteiger partial charge in [-0.3, -0.25) is 9.10 Å². The maximum absolute atomic E-state index is 13.1. The summed E-state index contributed by atoms with van der Waals surface area (Å²) in [6, 6.07) is 19.5. The number of benzene rings is 3. The van der Waals surface area contributed by atoms with Gasteiger partial charge < -0.3 is 10.1 Å². The van der Waals surface area contributed by atoms with Gasteiger partial charge in [0.2, 0.25) is 0 Å². The SMILES string of the molecule is Cc1cccc(C)c1NC(=O)COc1ccc(S(=O)(=O)N2CCc3ccccc32)cc1. The number of amides is 1. The molecule has 0 fully saturated rings. The Morgan fingerprint density at radius 1 is 0.968 bits per heavy atom. The van der Waals surface area contributed by atoms with Gasteiger partial charge in [0.1, 0.15) is 5.75 Å². The van der Waals surface area contributed by atoms with Gasteiger partial charge in [-0.25, -0.2) is 8.42 Å². The number of ether oxygens (including phenoxy) is 1. The number of carbonyl (C=O) groups excluding carboxylic acids is 1. The van der Waals surface area contributed by atoms with Crippen LogP contribution in [0.3, 0.4) is 0 Å². The van der Waals surface area contributed by atoms with Gasteiger partial charge in [-0.15, -0.1) is 0 Å². The molecule has 0 unspecified atom stereocenters. The smallest absolute Gasteiger partial charge is 0.264 e. The molecule has 3 aromatic rings. The molecule has 0 aromatic heterocycles. The highest BCUT2D eigenvalue weighted by Gasteiger charge is 2.30. The number of rotatable bonds is 6. The second kappa shape index (κ2) is 8.43. The number of hydrogen-bond acceptors (Lipinski definition) is 4. The third kappa shape index (κ3) is 4.27. The molecule has 0 saturated heterocycles. The number of aryl methyl sites for hydroxylation is 2. The summed E-state index contributed by atoms with van der Waals surface area (Å²) in [6.45, 7) is 4.13. The van der Waals surface area contributed by atoms with E-state index in [1.165, 1.54) is 16.4 Å². The van der Waals surface area contributed by atoms with E-state index in [2.05, 4.69) is 5.32 Å². The molecule has 1 amide bonds. The quantitative estimate of drug-likeness (QED) is 0.632. The molecule has 0 spiro atoms. The minimum atomic E-state index is -3.65. The summed E-state index contributed by atoms with van der Waals surface area (Å²) in [5.41, 5.74) is 4.49. The summed E-state index contributed by atoms with van der Waals surface area (Å²) < 4.78 is 33.1. The van der Waals surface area contributed by atoms with Gasteiger partial charge in [-0.1, -0.05) is 36.4 Å². The number of carbonyl (C=O) groups is 1. The van der Waals surface area contributed by atoms with Crippen molar-refractivity contribution in [3.63, 3.8) is 0 Å². The average Bonchev–Trinajstić information content (AvgIpc) is 3.20. The van der Waals surface area contributed by atoms with Crippen LogP contribution < -0.4 is 14.4 Å². The Hall–Kier alpha value is -3.32. The highest BCUT2D eigenvalue weighted by atomic mass is 32.2. The molecule has 0 aliphatic carbocycles. The van der Waals surface area contributed by atoms with Crippen molar-refractivity contribution in [1.82, 2.24) is 0 Å². The summed E-state index contributed by atoms with van der Waals surface area (Å²) in [5.74, 6) is 0.153. The van der Waals surface area contributed by atoms with Gasteiger partial charge in [0, 0.05) is 12.2 Å². The number of nitrogens with one attached hydrogen (secondary N) is 1. The molecule has 0 bridgehead atoms. The third-order valence-corrected chi connectivity index (χ3v) is 7.20. The molecule has 7 heteroatoms. The van der Waals surface area contributed by atoms with Crippen molar-refractivity contribution >= 4 is 27.3 Å². The fraction of sp³-hybridized carbons (Fsp3) is 0.208. The Morgan fingerprint density at radius 2 is 1.65 bits per heavy atom. The van der Waals surface area contributed by atoms with Crippen molar-refractivity contribution in [2.24, 2.45) is 0 Å². The van der Waals surface area contributed by atoms with Crippen LogP contribution in [0.15, 0.2) is 71.6 Å². The first-order valence-corrected chi connectivity index (χ1v) is 11.5. The molecule has 3 aromatic carbocycles. The monoisotopic (exact) mass is 436 g/mol. The van der Waals surface area contributed by atoms with Gasteiger partial charge in [-0.05, 0) is 67.3 Å². The molecular weight excluding hydrogens is 412 g/mol. The molecule has 1 aliphatic rings. The lowest BCUT2D eigenvalue weighted by Gasteiger charge is -2.19. The predicted octanol–water partition coefficient (Wildman–Crippen LogP) is 4.07. The van der Waals surface area contributed by atoms with Gasteiger partial charge in [-0.2, -0.15) is 0 Å². The van der Waals surface area contributed by atoms with Gasteiger partial charge >= 0.3 is 0 Å². The Kier molecular flexibility index (Phi) is 5.69. The minimum Gasteiger partial charge on any atom is -0.484 e. The lowest BCUT2D eigenvalue weighted by molar-refractivity contribution is -0.118. The number of fused-ring (bicyclic) bond motifs is 1. The first-order chi connectivity index (χ1) is 14.9. The number of nitrogens with zero attached hydrogens (tertiary/aromatic N) is 1. The zero-order valence-electron chi connectivity index (χ0n) is 17.5. The number of hydrogen-bond donors (Lipinski definition) is 1. The molecule has 1 heterocycles. The van der Waals surface area contributed by atoms with E-state index in [-0.39, 0.29) is 17.4 Å². The molecule has 160 valence electrons. The predicted molar refractivity (Wildman–Crippen MR) is 121 cm³/mol. The molecule has 6 nitrogen and oxygen atoms in total. The largest absolute Gasteiger partial charge is 0.484 e. The zero-order valence-corrected chi connectivity index (χ0v) is 18.3. The number of anilines is 2. The van der Waals surface area contributed by atoms with Crippen LogP contribution in [0.25, 0.3) is 0 Å². The summed E-state index contributed by atoms with van der Waals surface area (Å²) in [6.07, 6.45) is 0.700. The van der Waals surface area contributed by atoms with E-state index in [1.807, 2.05) is 56.3 Å². The number of para-hydroxylation sites is 2. The molecule has 0 saturated carbocycles. The van der Waals surface area contributed by atoms with Crippen LogP contribution in [0.1, 0.15) is 16.7 Å². The molecular formula is C24H24N2O4S. The second-order valence-corrected chi connectivity index (χ2v) is 9.39. The standard InChI is InChI=1S/C24H24N2O4S/c1-17-6-5-7-18(2)24(17)25-23(27)16-30-20-10-12-21(13-11-20)31(28,29)26-15-14-19-8-3-4-9-22(19)26/h3-13H,14-16H2,1-2H3,(H,25,27). The summed E-state index contributed by atoms with van der Waals surface area (Å²) in [7, 11) is -3.65. The van der Waals surface area contributed by atoms with Gasteiger partial charge in [0.05, 0.1) is 10.6 Å². The van der Waals surface area contributed by atoms with Crippen LogP contribution in [0.5, 0.6) is 5.75 Å². The molecule has 4 rings (SSSR count). The fourth-order valence-electron chi connectivity index (χ4n) is 3.73. The van der Waals surface area contributed by atoms with Crippen molar-refractivity contribution in [1.29, 1.82) is 0 Å². The Balaban J connectivity index is 1.41. The van der Waals surface area contributed by atoms with E-state index in [0.717, 1.165) is 28.1 Å². The second-order valence-electron chi connectivity index (χ2n) is 7.53. The van der Waals surface area contributed by atoms with E-state index >= 15 is 0 Å². The average molecular weight is 437 g/mol. The third-order valence-electron chi connectivity index (χ3n) is 5.37. The number of sulfonamides is 1. The Bertz CT molecular complexity index is 1200. The molecule has 1 aliphatic heterocycles. The molecule has 1 N–H and O–H groups in total. The topological polar surface area (TPSA) is 75.7 Å². The summed E-state index contributed by atoms with van der Waals surface area (Å²) in [4.78, 5) is 12.5. The van der Waals surface area contributed by atoms with Crippen molar-refractivity contribution in [3.8, 4) is 5.75 Å². The van der Waals surface area contributed by atoms with Gasteiger partial charge in [0.15, 0.2) is 6.61 Å². The van der Waals surface area contributed by atoms with Crippen LogP contribution in [0.4, 0.5) is 11.4 Å². The minimum absolute atomic E-state index is 0.167. The van der Waals surface area contributed by atoms with E-state index in [9.17, 15) is 13.2 Å². The highest BCUT2D eigenvalue weighted by molar-refractivity contribution is 7.92. The zero-order chi connectivity index (χ0) is 22.0. The summed E-state index contributed by atoms with van der Waals surface area (Å²) in [5, 5.41) is 2.86. The van der Waals surface area contributed by atoms with E-state index in [1.54, 1.807) is 12.1 Å². The van der Waals surface area contributed by atoms with Crippen molar-refractivity contribution < 1.29 is 17.9 Å². The molecule has 31 heavy (non-hydrogen) atoms. The van der Waals surface area contributed by atoms with Crippen LogP contribution in [-0.2, 0) is 21.2 Å². The van der Waals surface area contributed by atoms with Gasteiger partial charge in [0.25, 0.3) is 15.9 Å². The lowest BCUT2D eigenvalue weighted by Crippen LogP contribution is -2.29. The van der Waals surface area contributed by atoms with E-state index < -0.39 is 10.0 Å². The van der Waals surface area contributed by atoms with E-state index in [0.29, 0.717) is 18.7 Å². The van der Waals surface area contributed by atoms with E-state index in [4.69, 9.17) is 4.74 Å². The van der Waals surface area contributed by atoms with Crippen LogP contribution in [0, 0.1) is 13.8 Å². The van der Waals surface area contributed by atoms with Crippen LogP contribution >= 0.6 is 0 Å².